The maximum absolute atomic E-state index is 12.9. The Balaban J connectivity index is 2.01. The highest BCUT2D eigenvalue weighted by Crippen LogP contribution is 2.29. The first-order valence-corrected chi connectivity index (χ1v) is 7.99. The Morgan fingerprint density at radius 3 is 2.23 bits per heavy atom. The summed E-state index contributed by atoms with van der Waals surface area (Å²) in [5, 5.41) is 4.94. The zero-order chi connectivity index (χ0) is 18.6. The largest absolute Gasteiger partial charge is 0.416 e. The third-order valence-corrected chi connectivity index (χ3v) is 4.74. The number of aryl methyl sites for hydroxylation is 2. The van der Waals surface area contributed by atoms with Crippen molar-refractivity contribution in [2.24, 2.45) is 7.05 Å². The number of fused-ring (bicyclic) bond motifs is 3. The van der Waals surface area contributed by atoms with Gasteiger partial charge >= 0.3 is 11.7 Å². The van der Waals surface area contributed by atoms with Crippen molar-refractivity contribution < 1.29 is 17.7 Å². The minimum Gasteiger partial charge on any atom is -0.284 e. The van der Waals surface area contributed by atoms with Gasteiger partial charge in [0.25, 0.3) is 5.52 Å². The van der Waals surface area contributed by atoms with E-state index in [0.717, 1.165) is 28.6 Å². The second-order valence-corrected chi connectivity index (χ2v) is 6.21. The molecule has 0 spiro atoms. The van der Waals surface area contributed by atoms with Gasteiger partial charge in [-0.3, -0.25) is 9.89 Å². The zero-order valence-electron chi connectivity index (χ0n) is 14.1. The Morgan fingerprint density at radius 2 is 1.62 bits per heavy atom. The molecule has 26 heavy (non-hydrogen) atoms. The van der Waals surface area contributed by atoms with Crippen molar-refractivity contribution in [1.29, 1.82) is 0 Å². The van der Waals surface area contributed by atoms with Crippen LogP contribution in [0.1, 0.15) is 11.3 Å². The van der Waals surface area contributed by atoms with Crippen LogP contribution >= 0.6 is 0 Å². The average Bonchev–Trinajstić information content (AvgIpc) is 2.97. The Bertz CT molecular complexity index is 1200. The van der Waals surface area contributed by atoms with Gasteiger partial charge in [0, 0.05) is 12.3 Å². The van der Waals surface area contributed by atoms with E-state index in [9.17, 15) is 18.0 Å². The normalized spacial score (nSPS) is 12.2. The number of halogens is 3. The first-order chi connectivity index (χ1) is 12.3. The Kier molecular flexibility index (Phi) is 3.44. The lowest BCUT2D eigenvalue weighted by Gasteiger charge is -2.07. The molecule has 0 saturated heterocycles. The van der Waals surface area contributed by atoms with Crippen molar-refractivity contribution in [2.45, 2.75) is 13.1 Å². The van der Waals surface area contributed by atoms with Gasteiger partial charge in [0.15, 0.2) is 5.69 Å². The number of aromatic amines is 1. The molecule has 132 valence electrons. The molecule has 4 rings (SSSR count). The summed E-state index contributed by atoms with van der Waals surface area (Å²) in [6, 6.07) is 12.2. The fourth-order valence-corrected chi connectivity index (χ4v) is 3.27. The SMILES string of the molecule is Cc1c2ccccc2c2[nH]n(-c3ccc(C(F)(F)F)cc3)c(=O)c2[n+]1C. The first-order valence-electron chi connectivity index (χ1n) is 7.99. The highest BCUT2D eigenvalue weighted by Gasteiger charge is 2.30. The number of pyridine rings is 1. The third-order valence-electron chi connectivity index (χ3n) is 4.74. The van der Waals surface area contributed by atoms with E-state index in [1.807, 2.05) is 31.2 Å². The van der Waals surface area contributed by atoms with Gasteiger partial charge in [0.05, 0.1) is 16.6 Å². The molecule has 0 aliphatic heterocycles. The van der Waals surface area contributed by atoms with Gasteiger partial charge in [-0.15, -0.1) is 0 Å². The lowest BCUT2D eigenvalue weighted by molar-refractivity contribution is -0.650. The molecule has 1 N–H and O–H groups in total. The highest BCUT2D eigenvalue weighted by molar-refractivity contribution is 6.02. The van der Waals surface area contributed by atoms with E-state index in [1.54, 1.807) is 11.6 Å². The Hall–Kier alpha value is -3.09. The monoisotopic (exact) mass is 358 g/mol. The summed E-state index contributed by atoms with van der Waals surface area (Å²) in [7, 11) is 1.80. The molecule has 0 saturated carbocycles. The highest BCUT2D eigenvalue weighted by atomic mass is 19.4. The summed E-state index contributed by atoms with van der Waals surface area (Å²) >= 11 is 0. The zero-order valence-corrected chi connectivity index (χ0v) is 14.1. The average molecular weight is 358 g/mol. The molecule has 0 fully saturated rings. The van der Waals surface area contributed by atoms with E-state index >= 15 is 0 Å². The number of rotatable bonds is 1. The van der Waals surface area contributed by atoms with Crippen molar-refractivity contribution in [2.75, 3.05) is 0 Å². The van der Waals surface area contributed by atoms with Crippen LogP contribution in [0.15, 0.2) is 53.3 Å². The molecule has 0 bridgehead atoms. The summed E-state index contributed by atoms with van der Waals surface area (Å²) in [5.41, 5.74) is 1.35. The van der Waals surface area contributed by atoms with Crippen LogP contribution in [0, 0.1) is 6.92 Å². The number of aromatic nitrogens is 3. The van der Waals surface area contributed by atoms with Crippen molar-refractivity contribution in [3.05, 3.63) is 70.1 Å². The van der Waals surface area contributed by atoms with Crippen LogP contribution in [0.5, 0.6) is 0 Å². The van der Waals surface area contributed by atoms with Gasteiger partial charge in [-0.1, -0.05) is 18.2 Å². The molecule has 2 heterocycles. The second-order valence-electron chi connectivity index (χ2n) is 6.21. The van der Waals surface area contributed by atoms with Crippen LogP contribution in [0.2, 0.25) is 0 Å². The lowest BCUT2D eigenvalue weighted by Crippen LogP contribution is -2.37. The van der Waals surface area contributed by atoms with Crippen molar-refractivity contribution in [3.8, 4) is 5.69 Å². The van der Waals surface area contributed by atoms with Crippen molar-refractivity contribution >= 4 is 21.8 Å². The molecule has 2 aromatic heterocycles. The molecule has 2 aromatic carbocycles. The molecule has 0 atom stereocenters. The summed E-state index contributed by atoms with van der Waals surface area (Å²) in [5.74, 6) is 0. The quantitative estimate of drug-likeness (QED) is 0.519. The fourth-order valence-electron chi connectivity index (χ4n) is 3.27. The van der Waals surface area contributed by atoms with Gasteiger partial charge < -0.3 is 0 Å². The van der Waals surface area contributed by atoms with Crippen LogP contribution < -0.4 is 10.1 Å². The van der Waals surface area contributed by atoms with E-state index in [4.69, 9.17) is 0 Å². The summed E-state index contributed by atoms with van der Waals surface area (Å²) < 4.78 is 41.4. The predicted octanol–water partition coefficient (Wildman–Crippen LogP) is 3.62. The maximum Gasteiger partial charge on any atom is 0.416 e. The standard InChI is InChI=1S/C19H14F3N3O/c1-11-14-5-3-4-6-15(14)16-17(24(11)2)18(26)25(23-16)13-9-7-12(8-10-13)19(20,21)22/h3-10H,1-2H3/p+1. The number of hydrogen-bond acceptors (Lipinski definition) is 1. The Labute approximate surface area is 146 Å². The van der Waals surface area contributed by atoms with E-state index in [-0.39, 0.29) is 5.56 Å². The van der Waals surface area contributed by atoms with E-state index in [2.05, 4.69) is 5.10 Å². The van der Waals surface area contributed by atoms with Gasteiger partial charge in [0.2, 0.25) is 0 Å². The van der Waals surface area contributed by atoms with E-state index in [0.29, 0.717) is 16.7 Å². The molecule has 0 unspecified atom stereocenters. The Morgan fingerprint density at radius 1 is 1.00 bits per heavy atom. The molecular weight excluding hydrogens is 343 g/mol. The van der Waals surface area contributed by atoms with Crippen LogP contribution in [-0.4, -0.2) is 9.78 Å². The molecule has 0 amide bonds. The molecule has 7 heteroatoms. The van der Waals surface area contributed by atoms with Gasteiger partial charge in [-0.25, -0.2) is 4.68 Å². The van der Waals surface area contributed by atoms with Crippen LogP contribution in [-0.2, 0) is 13.2 Å². The smallest absolute Gasteiger partial charge is 0.284 e. The molecular formula is C19H15F3N3O+. The summed E-state index contributed by atoms with van der Waals surface area (Å²) in [6.45, 7) is 1.93. The summed E-state index contributed by atoms with van der Waals surface area (Å²) in [4.78, 5) is 12.9. The van der Waals surface area contributed by atoms with Crippen LogP contribution in [0.3, 0.4) is 0 Å². The summed E-state index contributed by atoms with van der Waals surface area (Å²) in [6.07, 6.45) is -4.41. The molecule has 0 aliphatic rings. The first kappa shape index (κ1) is 16.4. The number of H-pyrrole nitrogens is 1. The second kappa shape index (κ2) is 5.45. The van der Waals surface area contributed by atoms with Crippen LogP contribution in [0.4, 0.5) is 13.2 Å². The van der Waals surface area contributed by atoms with Gasteiger partial charge in [0.1, 0.15) is 12.6 Å². The van der Waals surface area contributed by atoms with E-state index in [1.165, 1.54) is 16.8 Å². The molecule has 0 radical (unpaired) electrons. The van der Waals surface area contributed by atoms with Crippen molar-refractivity contribution in [1.82, 2.24) is 9.78 Å². The minimum atomic E-state index is -4.41. The predicted molar refractivity (Wildman–Crippen MR) is 92.3 cm³/mol. The molecule has 0 aliphatic carbocycles. The van der Waals surface area contributed by atoms with Crippen molar-refractivity contribution in [3.63, 3.8) is 0 Å². The van der Waals surface area contributed by atoms with Gasteiger partial charge in [-0.2, -0.15) is 17.7 Å². The number of nitrogens with one attached hydrogen (secondary N) is 1. The maximum atomic E-state index is 12.9. The lowest BCUT2D eigenvalue weighted by atomic mass is 10.1. The topological polar surface area (TPSA) is 41.7 Å². The third kappa shape index (κ3) is 2.31. The number of benzene rings is 2. The van der Waals surface area contributed by atoms with Gasteiger partial charge in [-0.05, 0) is 30.3 Å². The number of alkyl halides is 3. The van der Waals surface area contributed by atoms with Crippen LogP contribution in [0.25, 0.3) is 27.5 Å². The molecule has 4 nitrogen and oxygen atoms in total. The number of nitrogens with zero attached hydrogens (tertiary/aromatic N) is 2. The molecule has 4 aromatic rings. The fraction of sp³-hybridized carbons (Fsp3) is 0.158. The number of hydrogen-bond donors (Lipinski definition) is 1. The van der Waals surface area contributed by atoms with E-state index < -0.39 is 11.7 Å². The minimum absolute atomic E-state index is 0.309.